The van der Waals surface area contributed by atoms with Gasteiger partial charge in [-0.25, -0.2) is 0 Å². The van der Waals surface area contributed by atoms with E-state index in [1.54, 1.807) is 0 Å². The first-order valence-corrected chi connectivity index (χ1v) is 7.64. The Morgan fingerprint density at radius 2 is 1.85 bits per heavy atom. The Morgan fingerprint density at radius 3 is 2.80 bits per heavy atom. The van der Waals surface area contributed by atoms with Gasteiger partial charge in [-0.3, -0.25) is 4.98 Å². The summed E-state index contributed by atoms with van der Waals surface area (Å²) in [5.74, 6) is 0. The van der Waals surface area contributed by atoms with Crippen molar-refractivity contribution in [3.05, 3.63) is 53.7 Å². The van der Waals surface area contributed by atoms with Gasteiger partial charge >= 0.3 is 0 Å². The average Bonchev–Trinajstić information content (AvgIpc) is 2.46. The topological polar surface area (TPSA) is 38.9 Å². The van der Waals surface area contributed by atoms with Gasteiger partial charge in [-0.15, -0.1) is 0 Å². The summed E-state index contributed by atoms with van der Waals surface area (Å²) in [7, 11) is 0. The van der Waals surface area contributed by atoms with E-state index in [4.69, 9.17) is 5.73 Å². The minimum absolute atomic E-state index is 0.0148. The molecule has 0 spiro atoms. The van der Waals surface area contributed by atoms with Crippen LogP contribution in [0.5, 0.6) is 0 Å². The SMILES string of the molecule is NC(/C1=C/CCCCCC1)c1ccnc2ccccc12. The fraction of sp³-hybridized carbons (Fsp3) is 0.389. The van der Waals surface area contributed by atoms with E-state index in [-0.39, 0.29) is 6.04 Å². The van der Waals surface area contributed by atoms with Crippen molar-refractivity contribution in [2.75, 3.05) is 0 Å². The molecule has 2 aromatic rings. The molecule has 1 atom stereocenters. The van der Waals surface area contributed by atoms with Gasteiger partial charge in [-0.05, 0) is 43.4 Å². The number of nitrogens with zero attached hydrogens (tertiary/aromatic N) is 1. The maximum absolute atomic E-state index is 6.56. The fourth-order valence-electron chi connectivity index (χ4n) is 3.09. The van der Waals surface area contributed by atoms with E-state index >= 15 is 0 Å². The van der Waals surface area contributed by atoms with Gasteiger partial charge in [0.25, 0.3) is 0 Å². The monoisotopic (exact) mass is 266 g/mol. The van der Waals surface area contributed by atoms with Gasteiger partial charge in [-0.2, -0.15) is 0 Å². The van der Waals surface area contributed by atoms with E-state index in [2.05, 4.69) is 35.3 Å². The summed E-state index contributed by atoms with van der Waals surface area (Å²) >= 11 is 0. The van der Waals surface area contributed by atoms with Gasteiger partial charge in [0.1, 0.15) is 0 Å². The molecule has 104 valence electrons. The first-order valence-electron chi connectivity index (χ1n) is 7.64. The van der Waals surface area contributed by atoms with Crippen LogP contribution < -0.4 is 5.73 Å². The number of nitrogens with two attached hydrogens (primary N) is 1. The lowest BCUT2D eigenvalue weighted by atomic mass is 9.90. The molecule has 1 unspecified atom stereocenters. The van der Waals surface area contributed by atoms with Crippen LogP contribution in [0.25, 0.3) is 10.9 Å². The number of hydrogen-bond acceptors (Lipinski definition) is 2. The Bertz CT molecular complexity index is 610. The van der Waals surface area contributed by atoms with E-state index in [0.717, 1.165) is 11.9 Å². The molecular weight excluding hydrogens is 244 g/mol. The van der Waals surface area contributed by atoms with Crippen LogP contribution >= 0.6 is 0 Å². The van der Waals surface area contributed by atoms with Crippen LogP contribution in [0.1, 0.15) is 50.1 Å². The van der Waals surface area contributed by atoms with Crippen LogP contribution in [0.3, 0.4) is 0 Å². The standard InChI is InChI=1S/C18H22N2/c19-18(14-8-4-2-1-3-5-9-14)16-12-13-20-17-11-7-6-10-15(16)17/h6-8,10-13,18H,1-5,9,19H2/b14-8+. The number of fused-ring (bicyclic) bond motifs is 1. The fourth-order valence-corrected chi connectivity index (χ4v) is 3.09. The first-order chi connectivity index (χ1) is 9.86. The van der Waals surface area contributed by atoms with Crippen LogP contribution in [0, 0.1) is 0 Å². The molecule has 0 aliphatic heterocycles. The second-order valence-electron chi connectivity index (χ2n) is 5.63. The summed E-state index contributed by atoms with van der Waals surface area (Å²) in [4.78, 5) is 4.43. The van der Waals surface area contributed by atoms with Crippen molar-refractivity contribution in [3.8, 4) is 0 Å². The van der Waals surface area contributed by atoms with Gasteiger partial charge < -0.3 is 5.73 Å². The Balaban J connectivity index is 1.97. The van der Waals surface area contributed by atoms with E-state index in [1.807, 2.05) is 12.3 Å². The molecule has 0 amide bonds. The number of benzene rings is 1. The maximum Gasteiger partial charge on any atom is 0.0705 e. The molecule has 1 aliphatic carbocycles. The van der Waals surface area contributed by atoms with Crippen LogP contribution in [0.4, 0.5) is 0 Å². The van der Waals surface area contributed by atoms with Crippen molar-refractivity contribution in [1.82, 2.24) is 4.98 Å². The Hall–Kier alpha value is -1.67. The van der Waals surface area contributed by atoms with Crippen molar-refractivity contribution in [1.29, 1.82) is 0 Å². The molecule has 0 fully saturated rings. The van der Waals surface area contributed by atoms with Crippen LogP contribution in [-0.4, -0.2) is 4.98 Å². The largest absolute Gasteiger partial charge is 0.321 e. The van der Waals surface area contributed by atoms with Gasteiger partial charge in [0.05, 0.1) is 11.6 Å². The highest BCUT2D eigenvalue weighted by Gasteiger charge is 2.15. The molecule has 1 aromatic carbocycles. The average molecular weight is 266 g/mol. The first kappa shape index (κ1) is 13.3. The van der Waals surface area contributed by atoms with Gasteiger partial charge in [-0.1, -0.05) is 42.7 Å². The quantitative estimate of drug-likeness (QED) is 0.812. The van der Waals surface area contributed by atoms with Crippen LogP contribution in [0.2, 0.25) is 0 Å². The minimum Gasteiger partial charge on any atom is -0.321 e. The third kappa shape index (κ3) is 2.75. The lowest BCUT2D eigenvalue weighted by Crippen LogP contribution is -2.14. The molecule has 3 rings (SSSR count). The van der Waals surface area contributed by atoms with Crippen LogP contribution in [0.15, 0.2) is 48.2 Å². The van der Waals surface area contributed by atoms with E-state index in [9.17, 15) is 0 Å². The highest BCUT2D eigenvalue weighted by atomic mass is 14.7. The highest BCUT2D eigenvalue weighted by molar-refractivity contribution is 5.82. The molecule has 0 radical (unpaired) electrons. The Morgan fingerprint density at radius 1 is 1.00 bits per heavy atom. The zero-order chi connectivity index (χ0) is 13.8. The normalized spacial score (nSPS) is 20.8. The maximum atomic E-state index is 6.56. The predicted octanol–water partition coefficient (Wildman–Crippen LogP) is 4.52. The predicted molar refractivity (Wildman–Crippen MR) is 84.5 cm³/mol. The van der Waals surface area contributed by atoms with E-state index in [1.165, 1.54) is 48.6 Å². The lowest BCUT2D eigenvalue weighted by Gasteiger charge is -2.20. The lowest BCUT2D eigenvalue weighted by molar-refractivity contribution is 0.603. The number of allylic oxidation sites excluding steroid dienone is 1. The third-order valence-electron chi connectivity index (χ3n) is 4.24. The third-order valence-corrected chi connectivity index (χ3v) is 4.24. The van der Waals surface area contributed by atoms with Crippen molar-refractivity contribution in [2.24, 2.45) is 5.73 Å². The zero-order valence-electron chi connectivity index (χ0n) is 11.9. The molecule has 1 aliphatic rings. The molecule has 0 saturated carbocycles. The molecule has 0 saturated heterocycles. The number of para-hydroxylation sites is 1. The summed E-state index contributed by atoms with van der Waals surface area (Å²) in [6, 6.07) is 10.4. The Labute approximate surface area is 120 Å². The minimum atomic E-state index is 0.0148. The molecule has 1 heterocycles. The molecule has 0 bridgehead atoms. The number of pyridine rings is 1. The highest BCUT2D eigenvalue weighted by Crippen LogP contribution is 2.30. The van der Waals surface area contributed by atoms with Crippen molar-refractivity contribution in [3.63, 3.8) is 0 Å². The summed E-state index contributed by atoms with van der Waals surface area (Å²) in [5, 5.41) is 1.19. The van der Waals surface area contributed by atoms with Crippen LogP contribution in [-0.2, 0) is 0 Å². The van der Waals surface area contributed by atoms with Gasteiger partial charge in [0, 0.05) is 11.6 Å². The second kappa shape index (κ2) is 6.19. The molecule has 2 nitrogen and oxygen atoms in total. The van der Waals surface area contributed by atoms with Gasteiger partial charge in [0.15, 0.2) is 0 Å². The van der Waals surface area contributed by atoms with Crippen molar-refractivity contribution < 1.29 is 0 Å². The Kier molecular flexibility index (Phi) is 4.12. The van der Waals surface area contributed by atoms with E-state index < -0.39 is 0 Å². The summed E-state index contributed by atoms with van der Waals surface area (Å²) in [5.41, 5.74) is 10.2. The summed E-state index contributed by atoms with van der Waals surface area (Å²) in [6.07, 6.45) is 11.8. The van der Waals surface area contributed by atoms with E-state index in [0.29, 0.717) is 0 Å². The molecule has 20 heavy (non-hydrogen) atoms. The number of hydrogen-bond donors (Lipinski definition) is 1. The second-order valence-corrected chi connectivity index (χ2v) is 5.63. The summed E-state index contributed by atoms with van der Waals surface area (Å²) < 4.78 is 0. The number of rotatable bonds is 2. The zero-order valence-corrected chi connectivity index (χ0v) is 11.9. The molecule has 2 N–H and O–H groups in total. The molecule has 2 heteroatoms. The summed E-state index contributed by atoms with van der Waals surface area (Å²) in [6.45, 7) is 0. The van der Waals surface area contributed by atoms with Crippen molar-refractivity contribution >= 4 is 10.9 Å². The smallest absolute Gasteiger partial charge is 0.0705 e. The van der Waals surface area contributed by atoms with Gasteiger partial charge in [0.2, 0.25) is 0 Å². The molecule has 1 aromatic heterocycles. The van der Waals surface area contributed by atoms with Crippen molar-refractivity contribution in [2.45, 2.75) is 44.6 Å². The number of aromatic nitrogens is 1. The molecular formula is C18H22N2.